The van der Waals surface area contributed by atoms with Crippen molar-refractivity contribution in [3.8, 4) is 0 Å². The number of hydrogen-bond acceptors (Lipinski definition) is 4. The lowest BCUT2D eigenvalue weighted by Crippen LogP contribution is -2.29. The van der Waals surface area contributed by atoms with E-state index in [-0.39, 0.29) is 31.4 Å². The first kappa shape index (κ1) is 22.5. The van der Waals surface area contributed by atoms with Crippen molar-refractivity contribution in [3.05, 3.63) is 58.7 Å². The van der Waals surface area contributed by atoms with E-state index in [1.807, 2.05) is 64.1 Å². The molecule has 1 saturated heterocycles. The summed E-state index contributed by atoms with van der Waals surface area (Å²) in [6.45, 7) is 7.92. The number of anilines is 2. The molecule has 0 spiro atoms. The van der Waals surface area contributed by atoms with E-state index in [1.54, 1.807) is 4.90 Å². The Balaban J connectivity index is 1.60. The fraction of sp³-hybridized carbons (Fsp3) is 0.400. The molecule has 0 aliphatic carbocycles. The van der Waals surface area contributed by atoms with Gasteiger partial charge in [0.05, 0.1) is 5.92 Å². The lowest BCUT2D eigenvalue weighted by atomic mass is 10.0. The zero-order valence-electron chi connectivity index (χ0n) is 18.7. The molecule has 31 heavy (non-hydrogen) atoms. The number of carbonyl (C=O) groups is 3. The van der Waals surface area contributed by atoms with Crippen LogP contribution in [0.4, 0.5) is 11.4 Å². The van der Waals surface area contributed by atoms with Gasteiger partial charge in [0.15, 0.2) is 6.61 Å². The van der Waals surface area contributed by atoms with Crippen LogP contribution < -0.4 is 10.2 Å². The molecule has 6 heteroatoms. The summed E-state index contributed by atoms with van der Waals surface area (Å²) < 4.78 is 5.26. The van der Waals surface area contributed by atoms with Crippen LogP contribution >= 0.6 is 0 Å². The number of aryl methyl sites for hydroxylation is 3. The molecule has 3 rings (SSSR count). The highest BCUT2D eigenvalue weighted by Gasteiger charge is 2.37. The highest BCUT2D eigenvalue weighted by Crippen LogP contribution is 2.30. The largest absolute Gasteiger partial charge is 0.455 e. The van der Waals surface area contributed by atoms with Crippen molar-refractivity contribution in [1.29, 1.82) is 0 Å². The van der Waals surface area contributed by atoms with Crippen LogP contribution in [-0.2, 0) is 32.0 Å². The molecule has 1 heterocycles. The zero-order chi connectivity index (χ0) is 22.5. The smallest absolute Gasteiger partial charge is 0.311 e. The maximum absolute atomic E-state index is 12.5. The molecule has 0 bridgehead atoms. The third kappa shape index (κ3) is 4.95. The van der Waals surface area contributed by atoms with Gasteiger partial charge in [-0.05, 0) is 55.0 Å². The molecule has 1 N–H and O–H groups in total. The standard InChI is InChI=1S/C25H30N2O4/c1-5-18-10-8-11-19(6-2)24(18)26-22(28)15-31-25(30)20-13-23(29)27(14-20)21-12-7-9-16(3)17(21)4/h7-12,20H,5-6,13-15H2,1-4H3,(H,26,28)/t20-/m0/s1. The molecule has 1 aliphatic rings. The number of ether oxygens (including phenoxy) is 1. The summed E-state index contributed by atoms with van der Waals surface area (Å²) in [4.78, 5) is 39.1. The maximum atomic E-state index is 12.5. The van der Waals surface area contributed by atoms with Crippen LogP contribution in [0.3, 0.4) is 0 Å². The second-order valence-electron chi connectivity index (χ2n) is 7.94. The number of hydrogen-bond donors (Lipinski definition) is 1. The molecule has 0 radical (unpaired) electrons. The van der Waals surface area contributed by atoms with Gasteiger partial charge in [0.2, 0.25) is 5.91 Å². The number of nitrogens with zero attached hydrogens (tertiary/aromatic N) is 1. The van der Waals surface area contributed by atoms with E-state index in [4.69, 9.17) is 4.74 Å². The fourth-order valence-electron chi connectivity index (χ4n) is 3.96. The summed E-state index contributed by atoms with van der Waals surface area (Å²) in [5.74, 6) is -1.57. The summed E-state index contributed by atoms with van der Waals surface area (Å²) in [6.07, 6.45) is 1.68. The Morgan fingerprint density at radius 1 is 1.06 bits per heavy atom. The molecule has 0 unspecified atom stereocenters. The van der Waals surface area contributed by atoms with E-state index in [1.165, 1.54) is 0 Å². The third-order valence-electron chi connectivity index (χ3n) is 5.93. The van der Waals surface area contributed by atoms with Crippen molar-refractivity contribution in [2.24, 2.45) is 5.92 Å². The molecule has 0 saturated carbocycles. The van der Waals surface area contributed by atoms with Gasteiger partial charge in [0.25, 0.3) is 5.91 Å². The number of esters is 1. The summed E-state index contributed by atoms with van der Waals surface area (Å²) in [7, 11) is 0. The van der Waals surface area contributed by atoms with Crippen LogP contribution in [0.2, 0.25) is 0 Å². The van der Waals surface area contributed by atoms with Gasteiger partial charge in [-0.2, -0.15) is 0 Å². The number of rotatable bonds is 7. The first-order valence-corrected chi connectivity index (χ1v) is 10.8. The second kappa shape index (κ2) is 9.77. The van der Waals surface area contributed by atoms with E-state index >= 15 is 0 Å². The van der Waals surface area contributed by atoms with Crippen molar-refractivity contribution in [2.45, 2.75) is 47.0 Å². The van der Waals surface area contributed by atoms with Crippen LogP contribution in [0.25, 0.3) is 0 Å². The van der Waals surface area contributed by atoms with Crippen LogP contribution in [0, 0.1) is 19.8 Å². The first-order chi connectivity index (χ1) is 14.8. The molecule has 0 aromatic heterocycles. The SMILES string of the molecule is CCc1cccc(CC)c1NC(=O)COC(=O)[C@H]1CC(=O)N(c2cccc(C)c2C)C1. The van der Waals surface area contributed by atoms with E-state index < -0.39 is 11.9 Å². The van der Waals surface area contributed by atoms with E-state index in [0.717, 1.165) is 46.5 Å². The first-order valence-electron chi connectivity index (χ1n) is 10.8. The summed E-state index contributed by atoms with van der Waals surface area (Å²) in [5.41, 5.74) is 5.82. The predicted molar refractivity (Wildman–Crippen MR) is 121 cm³/mol. The van der Waals surface area contributed by atoms with E-state index in [2.05, 4.69) is 5.32 Å². The summed E-state index contributed by atoms with van der Waals surface area (Å²) in [5, 5.41) is 2.89. The monoisotopic (exact) mass is 422 g/mol. The van der Waals surface area contributed by atoms with Gasteiger partial charge in [0, 0.05) is 24.3 Å². The van der Waals surface area contributed by atoms with Gasteiger partial charge in [-0.1, -0.05) is 44.2 Å². The minimum absolute atomic E-state index is 0.0898. The Bertz CT molecular complexity index is 977. The average Bonchev–Trinajstić information content (AvgIpc) is 3.15. The number of para-hydroxylation sites is 1. The Morgan fingerprint density at radius 3 is 2.35 bits per heavy atom. The fourth-order valence-corrected chi connectivity index (χ4v) is 3.96. The average molecular weight is 423 g/mol. The van der Waals surface area contributed by atoms with Gasteiger partial charge in [-0.15, -0.1) is 0 Å². The van der Waals surface area contributed by atoms with Crippen molar-refractivity contribution < 1.29 is 19.1 Å². The maximum Gasteiger partial charge on any atom is 0.311 e. The molecule has 1 atom stereocenters. The van der Waals surface area contributed by atoms with Crippen LogP contribution in [0.1, 0.15) is 42.5 Å². The predicted octanol–water partition coefficient (Wildman–Crippen LogP) is 3.96. The molecule has 6 nitrogen and oxygen atoms in total. The lowest BCUT2D eigenvalue weighted by molar-refractivity contribution is -0.151. The molecule has 2 amide bonds. The van der Waals surface area contributed by atoms with Crippen LogP contribution in [0.5, 0.6) is 0 Å². The zero-order valence-corrected chi connectivity index (χ0v) is 18.7. The number of nitrogens with one attached hydrogen (secondary N) is 1. The lowest BCUT2D eigenvalue weighted by Gasteiger charge is -2.20. The summed E-state index contributed by atoms with van der Waals surface area (Å²) >= 11 is 0. The van der Waals surface area contributed by atoms with Crippen molar-refractivity contribution in [1.82, 2.24) is 0 Å². The van der Waals surface area contributed by atoms with Gasteiger partial charge in [0.1, 0.15) is 0 Å². The van der Waals surface area contributed by atoms with E-state index in [0.29, 0.717) is 0 Å². The van der Waals surface area contributed by atoms with Gasteiger partial charge >= 0.3 is 5.97 Å². The molecule has 2 aromatic carbocycles. The van der Waals surface area contributed by atoms with E-state index in [9.17, 15) is 14.4 Å². The van der Waals surface area contributed by atoms with Crippen molar-refractivity contribution >= 4 is 29.2 Å². The molecular formula is C25H30N2O4. The highest BCUT2D eigenvalue weighted by atomic mass is 16.5. The Hall–Kier alpha value is -3.15. The normalized spacial score (nSPS) is 15.8. The third-order valence-corrected chi connectivity index (χ3v) is 5.93. The van der Waals surface area contributed by atoms with Crippen molar-refractivity contribution in [3.63, 3.8) is 0 Å². The molecule has 2 aromatic rings. The topological polar surface area (TPSA) is 75.7 Å². The summed E-state index contributed by atoms with van der Waals surface area (Å²) in [6, 6.07) is 11.7. The highest BCUT2D eigenvalue weighted by molar-refractivity contribution is 6.00. The minimum Gasteiger partial charge on any atom is -0.455 e. The number of carbonyl (C=O) groups excluding carboxylic acids is 3. The molecule has 1 fully saturated rings. The van der Waals surface area contributed by atoms with Gasteiger partial charge in [-0.25, -0.2) is 0 Å². The number of benzene rings is 2. The van der Waals surface area contributed by atoms with Crippen LogP contribution in [0.15, 0.2) is 36.4 Å². The molecule has 1 aliphatic heterocycles. The van der Waals surface area contributed by atoms with Crippen molar-refractivity contribution in [2.75, 3.05) is 23.4 Å². The quantitative estimate of drug-likeness (QED) is 0.685. The molecule has 164 valence electrons. The minimum atomic E-state index is -0.575. The molecular weight excluding hydrogens is 392 g/mol. The Morgan fingerprint density at radius 2 is 1.71 bits per heavy atom. The number of amides is 2. The van der Waals surface area contributed by atoms with Gasteiger partial charge < -0.3 is 15.0 Å². The van der Waals surface area contributed by atoms with Gasteiger partial charge in [-0.3, -0.25) is 14.4 Å². The van der Waals surface area contributed by atoms with Crippen LogP contribution in [-0.4, -0.2) is 30.9 Å². The Kier molecular flexibility index (Phi) is 7.10. The second-order valence-corrected chi connectivity index (χ2v) is 7.94. The Labute approximate surface area is 183 Å².